The highest BCUT2D eigenvalue weighted by Gasteiger charge is 2.42. The van der Waals surface area contributed by atoms with Gasteiger partial charge in [0, 0.05) is 13.0 Å². The van der Waals surface area contributed by atoms with Crippen LogP contribution in [0.3, 0.4) is 0 Å². The number of aliphatic hydroxyl groups is 1. The maximum absolute atomic E-state index is 12.4. The number of nitrogens with zero attached hydrogens (tertiary/aromatic N) is 1. The van der Waals surface area contributed by atoms with E-state index < -0.39 is 18.1 Å². The molecule has 102 valence electrons. The number of carbonyl (C=O) groups excluding carboxylic acids is 1. The van der Waals surface area contributed by atoms with Crippen LogP contribution >= 0.6 is 0 Å². The zero-order chi connectivity index (χ0) is 13.3. The monoisotopic (exact) mass is 256 g/mol. The molecule has 0 spiro atoms. The number of hydrogen-bond acceptors (Lipinski definition) is 4. The summed E-state index contributed by atoms with van der Waals surface area (Å²) >= 11 is 0. The summed E-state index contributed by atoms with van der Waals surface area (Å²) in [5.41, 5.74) is 0. The third kappa shape index (κ3) is 2.49. The Kier molecular flexibility index (Phi) is 3.87. The molecule has 2 fully saturated rings. The molecule has 2 rings (SSSR count). The maximum Gasteiger partial charge on any atom is 0.326 e. The molecule has 0 radical (unpaired) electrons. The van der Waals surface area contributed by atoms with Crippen LogP contribution in [0.4, 0.5) is 0 Å². The lowest BCUT2D eigenvalue weighted by Crippen LogP contribution is -2.54. The van der Waals surface area contributed by atoms with Crippen molar-refractivity contribution in [2.75, 3.05) is 13.1 Å². The van der Waals surface area contributed by atoms with Gasteiger partial charge >= 0.3 is 5.97 Å². The summed E-state index contributed by atoms with van der Waals surface area (Å²) in [4.78, 5) is 24.8. The van der Waals surface area contributed by atoms with Crippen molar-refractivity contribution in [2.45, 2.75) is 44.4 Å². The number of aliphatic hydroxyl groups excluding tert-OH is 1. The van der Waals surface area contributed by atoms with Crippen LogP contribution in [0, 0.1) is 5.92 Å². The van der Waals surface area contributed by atoms with Crippen molar-refractivity contribution in [1.29, 1.82) is 0 Å². The lowest BCUT2D eigenvalue weighted by molar-refractivity contribution is -0.149. The van der Waals surface area contributed by atoms with E-state index in [0.717, 1.165) is 19.4 Å². The van der Waals surface area contributed by atoms with Crippen molar-refractivity contribution in [3.8, 4) is 0 Å². The number of rotatable bonds is 2. The molecule has 18 heavy (non-hydrogen) atoms. The molecule has 3 N–H and O–H groups in total. The SMILES string of the molecule is CC1CCCNC1C(=O)N1C[C@@H](O)C[C@H]1C(=O)O. The number of hydrogen-bond donors (Lipinski definition) is 3. The summed E-state index contributed by atoms with van der Waals surface area (Å²) in [6, 6.07) is -1.20. The van der Waals surface area contributed by atoms with Crippen LogP contribution < -0.4 is 5.32 Å². The lowest BCUT2D eigenvalue weighted by Gasteiger charge is -2.33. The number of carboxylic acids is 1. The first kappa shape index (κ1) is 13.3. The molecular formula is C12H20N2O4. The topological polar surface area (TPSA) is 89.9 Å². The van der Waals surface area contributed by atoms with Gasteiger partial charge in [-0.2, -0.15) is 0 Å². The van der Waals surface area contributed by atoms with Gasteiger partial charge in [0.15, 0.2) is 0 Å². The second-order valence-corrected chi connectivity index (χ2v) is 5.29. The molecule has 2 saturated heterocycles. The molecule has 0 aliphatic carbocycles. The molecule has 2 aliphatic rings. The molecule has 2 unspecified atom stereocenters. The molecule has 0 aromatic rings. The summed E-state index contributed by atoms with van der Waals surface area (Å²) < 4.78 is 0. The average Bonchev–Trinajstić information content (AvgIpc) is 2.71. The Balaban J connectivity index is 2.09. The molecule has 6 heteroatoms. The fraction of sp³-hybridized carbons (Fsp3) is 0.833. The van der Waals surface area contributed by atoms with Gasteiger partial charge in [0.25, 0.3) is 0 Å². The molecule has 6 nitrogen and oxygen atoms in total. The minimum absolute atomic E-state index is 0.126. The molecule has 0 bridgehead atoms. The van der Waals surface area contributed by atoms with Gasteiger partial charge in [-0.1, -0.05) is 6.92 Å². The van der Waals surface area contributed by atoms with E-state index in [1.165, 1.54) is 4.90 Å². The average molecular weight is 256 g/mol. The normalized spacial score (nSPS) is 36.7. The van der Waals surface area contributed by atoms with E-state index in [1.807, 2.05) is 6.92 Å². The predicted molar refractivity (Wildman–Crippen MR) is 63.9 cm³/mol. The van der Waals surface area contributed by atoms with Crippen LogP contribution in [0.5, 0.6) is 0 Å². The van der Waals surface area contributed by atoms with Gasteiger partial charge in [0.2, 0.25) is 5.91 Å². The van der Waals surface area contributed by atoms with Gasteiger partial charge in [-0.15, -0.1) is 0 Å². The van der Waals surface area contributed by atoms with E-state index >= 15 is 0 Å². The van der Waals surface area contributed by atoms with Crippen LogP contribution in [0.1, 0.15) is 26.2 Å². The van der Waals surface area contributed by atoms with Crippen LogP contribution in [0.2, 0.25) is 0 Å². The Labute approximate surface area is 106 Å². The third-order valence-electron chi connectivity index (χ3n) is 3.88. The van der Waals surface area contributed by atoms with Gasteiger partial charge in [0.1, 0.15) is 6.04 Å². The second-order valence-electron chi connectivity index (χ2n) is 5.29. The molecule has 0 saturated carbocycles. The number of aliphatic carboxylic acids is 1. The third-order valence-corrected chi connectivity index (χ3v) is 3.88. The van der Waals surface area contributed by atoms with Crippen molar-refractivity contribution in [3.05, 3.63) is 0 Å². The molecular weight excluding hydrogens is 236 g/mol. The molecule has 1 amide bonds. The first-order chi connectivity index (χ1) is 8.50. The quantitative estimate of drug-likeness (QED) is 0.615. The van der Waals surface area contributed by atoms with Gasteiger partial charge < -0.3 is 20.4 Å². The summed E-state index contributed by atoms with van der Waals surface area (Å²) in [7, 11) is 0. The van der Waals surface area contributed by atoms with E-state index in [4.69, 9.17) is 5.11 Å². The van der Waals surface area contributed by atoms with Gasteiger partial charge in [-0.05, 0) is 25.3 Å². The van der Waals surface area contributed by atoms with Gasteiger partial charge in [-0.3, -0.25) is 4.79 Å². The smallest absolute Gasteiger partial charge is 0.326 e. The van der Waals surface area contributed by atoms with Crippen molar-refractivity contribution in [1.82, 2.24) is 10.2 Å². The van der Waals surface area contributed by atoms with Crippen molar-refractivity contribution < 1.29 is 19.8 Å². The Morgan fingerprint density at radius 3 is 2.72 bits per heavy atom. The van der Waals surface area contributed by atoms with E-state index in [-0.39, 0.29) is 30.8 Å². The minimum Gasteiger partial charge on any atom is -0.480 e. The highest BCUT2D eigenvalue weighted by atomic mass is 16.4. The Bertz CT molecular complexity index is 347. The largest absolute Gasteiger partial charge is 0.480 e. The fourth-order valence-corrected chi connectivity index (χ4v) is 2.85. The van der Waals surface area contributed by atoms with Crippen molar-refractivity contribution in [2.24, 2.45) is 5.92 Å². The molecule has 0 aromatic heterocycles. The van der Waals surface area contributed by atoms with Crippen LogP contribution in [0.15, 0.2) is 0 Å². The number of carbonyl (C=O) groups is 2. The van der Waals surface area contributed by atoms with Gasteiger partial charge in [0.05, 0.1) is 12.1 Å². The summed E-state index contributed by atoms with van der Waals surface area (Å²) in [6.07, 6.45) is 1.41. The Morgan fingerprint density at radius 2 is 2.11 bits per heavy atom. The predicted octanol–water partition coefficient (Wildman–Crippen LogP) is -0.579. The van der Waals surface area contributed by atoms with Crippen molar-refractivity contribution >= 4 is 11.9 Å². The number of likely N-dealkylation sites (tertiary alicyclic amines) is 1. The fourth-order valence-electron chi connectivity index (χ4n) is 2.85. The highest BCUT2D eigenvalue weighted by molar-refractivity contribution is 5.88. The first-order valence-corrected chi connectivity index (χ1v) is 6.45. The van der Waals surface area contributed by atoms with E-state index in [9.17, 15) is 14.7 Å². The molecule has 2 aliphatic heterocycles. The lowest BCUT2D eigenvalue weighted by atomic mass is 9.91. The van der Waals surface area contributed by atoms with E-state index in [1.54, 1.807) is 0 Å². The first-order valence-electron chi connectivity index (χ1n) is 6.45. The minimum atomic E-state index is -1.04. The summed E-state index contributed by atoms with van der Waals surface area (Å²) in [6.45, 7) is 2.91. The number of carboxylic acid groups (broad SMARTS) is 1. The number of nitrogens with one attached hydrogen (secondary N) is 1. The Morgan fingerprint density at radius 1 is 1.39 bits per heavy atom. The molecule has 4 atom stereocenters. The second kappa shape index (κ2) is 5.24. The zero-order valence-electron chi connectivity index (χ0n) is 10.5. The number of β-amino-alcohol motifs (C(OH)–C–C–N with tert-alkyl or cyclic N) is 1. The maximum atomic E-state index is 12.4. The van der Waals surface area contributed by atoms with E-state index in [0.29, 0.717) is 0 Å². The van der Waals surface area contributed by atoms with Crippen LogP contribution in [-0.2, 0) is 9.59 Å². The highest BCUT2D eigenvalue weighted by Crippen LogP contribution is 2.23. The van der Waals surface area contributed by atoms with Crippen LogP contribution in [-0.4, -0.2) is 58.3 Å². The molecule has 0 aromatic carbocycles. The number of amides is 1. The zero-order valence-corrected chi connectivity index (χ0v) is 10.5. The Hall–Kier alpha value is -1.14. The molecule has 2 heterocycles. The standard InChI is InChI=1S/C12H20N2O4/c1-7-3-2-4-13-10(7)11(16)14-6-8(15)5-9(14)12(17)18/h7-10,13,15H,2-6H2,1H3,(H,17,18)/t7?,8-,9-,10?/m0/s1. The van der Waals surface area contributed by atoms with Gasteiger partial charge in [-0.25, -0.2) is 4.79 Å². The number of piperidine rings is 1. The van der Waals surface area contributed by atoms with E-state index in [2.05, 4.69) is 5.32 Å². The van der Waals surface area contributed by atoms with Crippen molar-refractivity contribution in [3.63, 3.8) is 0 Å². The summed E-state index contributed by atoms with van der Waals surface area (Å²) in [5, 5.41) is 21.8. The van der Waals surface area contributed by atoms with Crippen LogP contribution in [0.25, 0.3) is 0 Å². The summed E-state index contributed by atoms with van der Waals surface area (Å²) in [5.74, 6) is -1.02.